The predicted octanol–water partition coefficient (Wildman–Crippen LogP) is 1.69. The van der Waals surface area contributed by atoms with Gasteiger partial charge in [-0.25, -0.2) is 14.8 Å². The Bertz CT molecular complexity index is 639. The molecule has 1 N–H and O–H groups in total. The first kappa shape index (κ1) is 12.8. The summed E-state index contributed by atoms with van der Waals surface area (Å²) in [5, 5.41) is 7.09. The van der Waals surface area contributed by atoms with Crippen molar-refractivity contribution >= 4 is 17.3 Å². The number of carbonyl (C=O) groups excluding carboxylic acids is 1. The molecule has 2 aromatic rings. The van der Waals surface area contributed by atoms with Crippen molar-refractivity contribution < 1.29 is 9.53 Å². The minimum absolute atomic E-state index is 0.212. The third-order valence-electron chi connectivity index (χ3n) is 3.16. The van der Waals surface area contributed by atoms with E-state index in [4.69, 9.17) is 4.74 Å². The second-order valence-corrected chi connectivity index (χ2v) is 5.95. The third-order valence-corrected chi connectivity index (χ3v) is 3.16. The lowest BCUT2D eigenvalue weighted by Crippen LogP contribution is -2.50. The third kappa shape index (κ3) is 2.31. The highest BCUT2D eigenvalue weighted by molar-refractivity contribution is 5.74. The number of fused-ring (bicyclic) bond motifs is 1. The van der Waals surface area contributed by atoms with E-state index < -0.39 is 5.60 Å². The van der Waals surface area contributed by atoms with E-state index in [9.17, 15) is 4.79 Å². The van der Waals surface area contributed by atoms with E-state index in [-0.39, 0.29) is 12.0 Å². The van der Waals surface area contributed by atoms with Crippen LogP contribution in [0.15, 0.2) is 12.4 Å². The quantitative estimate of drug-likeness (QED) is 0.856. The Kier molecular flexibility index (Phi) is 2.84. The summed E-state index contributed by atoms with van der Waals surface area (Å²) < 4.78 is 5.33. The van der Waals surface area contributed by atoms with Crippen LogP contribution >= 0.6 is 0 Å². The van der Waals surface area contributed by atoms with E-state index >= 15 is 0 Å². The van der Waals surface area contributed by atoms with Gasteiger partial charge in [-0.05, 0) is 20.8 Å². The first-order valence-electron chi connectivity index (χ1n) is 6.57. The number of aromatic amines is 1. The fourth-order valence-corrected chi connectivity index (χ4v) is 2.19. The van der Waals surface area contributed by atoms with Crippen molar-refractivity contribution in [2.24, 2.45) is 0 Å². The van der Waals surface area contributed by atoms with Gasteiger partial charge >= 0.3 is 6.09 Å². The second kappa shape index (κ2) is 4.43. The van der Waals surface area contributed by atoms with Crippen LogP contribution in [-0.4, -0.2) is 49.8 Å². The fraction of sp³-hybridized carbons (Fsp3) is 0.538. The molecular formula is C13H17N5O2. The van der Waals surface area contributed by atoms with E-state index in [0.29, 0.717) is 18.7 Å². The monoisotopic (exact) mass is 275 g/mol. The molecule has 7 nitrogen and oxygen atoms in total. The van der Waals surface area contributed by atoms with Crippen LogP contribution in [0.25, 0.3) is 11.2 Å². The Morgan fingerprint density at radius 1 is 1.35 bits per heavy atom. The zero-order valence-electron chi connectivity index (χ0n) is 11.8. The van der Waals surface area contributed by atoms with Gasteiger partial charge in [-0.1, -0.05) is 0 Å². The van der Waals surface area contributed by atoms with Crippen LogP contribution in [0.3, 0.4) is 0 Å². The fourth-order valence-electron chi connectivity index (χ4n) is 2.19. The van der Waals surface area contributed by atoms with Crippen LogP contribution in [0.5, 0.6) is 0 Å². The van der Waals surface area contributed by atoms with Crippen molar-refractivity contribution in [3.8, 4) is 0 Å². The molecule has 1 saturated heterocycles. The van der Waals surface area contributed by atoms with Crippen molar-refractivity contribution in [1.82, 2.24) is 25.1 Å². The Morgan fingerprint density at radius 3 is 2.75 bits per heavy atom. The SMILES string of the molecule is CC(C)(C)OC(=O)N1CC(c2[nH]nc3nccnc23)C1. The maximum absolute atomic E-state index is 11.9. The molecular weight excluding hydrogens is 258 g/mol. The molecule has 2 aromatic heterocycles. The van der Waals surface area contributed by atoms with E-state index in [2.05, 4.69) is 20.2 Å². The van der Waals surface area contributed by atoms with Crippen molar-refractivity contribution in [3.63, 3.8) is 0 Å². The first-order valence-corrected chi connectivity index (χ1v) is 6.57. The Hall–Kier alpha value is -2.18. The summed E-state index contributed by atoms with van der Waals surface area (Å²) in [6.45, 7) is 6.81. The number of carbonyl (C=O) groups is 1. The molecule has 20 heavy (non-hydrogen) atoms. The predicted molar refractivity (Wildman–Crippen MR) is 72.2 cm³/mol. The van der Waals surface area contributed by atoms with Crippen LogP contribution in [-0.2, 0) is 4.74 Å². The Morgan fingerprint density at radius 2 is 2.05 bits per heavy atom. The number of amides is 1. The summed E-state index contributed by atoms with van der Waals surface area (Å²) in [6.07, 6.45) is 2.98. The minimum atomic E-state index is -0.464. The normalized spacial score (nSPS) is 16.2. The largest absolute Gasteiger partial charge is 0.444 e. The van der Waals surface area contributed by atoms with Crippen molar-refractivity contribution in [1.29, 1.82) is 0 Å². The molecule has 1 amide bonds. The van der Waals surface area contributed by atoms with Gasteiger partial charge in [0.2, 0.25) is 0 Å². The second-order valence-electron chi connectivity index (χ2n) is 5.95. The number of hydrogen-bond acceptors (Lipinski definition) is 5. The molecule has 1 aliphatic heterocycles. The van der Waals surface area contributed by atoms with Gasteiger partial charge in [-0.2, -0.15) is 5.10 Å². The minimum Gasteiger partial charge on any atom is -0.444 e. The molecule has 0 aliphatic carbocycles. The van der Waals surface area contributed by atoms with Crippen molar-refractivity contribution in [3.05, 3.63) is 18.1 Å². The van der Waals surface area contributed by atoms with Crippen LogP contribution < -0.4 is 0 Å². The van der Waals surface area contributed by atoms with Gasteiger partial charge in [0.25, 0.3) is 0 Å². The summed E-state index contributed by atoms with van der Waals surface area (Å²) in [4.78, 5) is 22.0. The van der Waals surface area contributed by atoms with Crippen molar-refractivity contribution in [2.75, 3.05) is 13.1 Å². The Labute approximate surface area is 116 Å². The van der Waals surface area contributed by atoms with Gasteiger partial charge in [-0.3, -0.25) is 5.10 Å². The standard InChI is InChI=1S/C13H17N5O2/c1-13(2,3)20-12(19)18-6-8(7-18)9-10-11(17-16-9)15-5-4-14-10/h4-5,8H,6-7H2,1-3H3,(H,15,16,17). The van der Waals surface area contributed by atoms with E-state index in [1.54, 1.807) is 17.3 Å². The first-order chi connectivity index (χ1) is 9.44. The average Bonchev–Trinajstić information content (AvgIpc) is 2.69. The summed E-state index contributed by atoms with van der Waals surface area (Å²) in [6, 6.07) is 0. The van der Waals surface area contributed by atoms with Crippen LogP contribution in [0.2, 0.25) is 0 Å². The highest BCUT2D eigenvalue weighted by atomic mass is 16.6. The molecule has 0 atom stereocenters. The number of nitrogens with zero attached hydrogens (tertiary/aromatic N) is 4. The average molecular weight is 275 g/mol. The lowest BCUT2D eigenvalue weighted by molar-refractivity contribution is 0.00795. The summed E-state index contributed by atoms with van der Waals surface area (Å²) in [7, 11) is 0. The van der Waals surface area contributed by atoms with Crippen molar-refractivity contribution in [2.45, 2.75) is 32.3 Å². The molecule has 3 rings (SSSR count). The molecule has 3 heterocycles. The van der Waals surface area contributed by atoms with Gasteiger partial charge in [0.05, 0.1) is 5.69 Å². The number of hydrogen-bond donors (Lipinski definition) is 1. The zero-order chi connectivity index (χ0) is 14.3. The zero-order valence-corrected chi connectivity index (χ0v) is 11.8. The van der Waals surface area contributed by atoms with Crippen LogP contribution in [0.4, 0.5) is 4.79 Å². The van der Waals surface area contributed by atoms with Crippen LogP contribution in [0, 0.1) is 0 Å². The summed E-state index contributed by atoms with van der Waals surface area (Å²) in [5.41, 5.74) is 1.86. The number of nitrogens with one attached hydrogen (secondary N) is 1. The van der Waals surface area contributed by atoms with E-state index in [1.807, 2.05) is 20.8 Å². The molecule has 0 radical (unpaired) electrons. The molecule has 7 heteroatoms. The number of H-pyrrole nitrogens is 1. The lowest BCUT2D eigenvalue weighted by Gasteiger charge is -2.39. The molecule has 0 saturated carbocycles. The smallest absolute Gasteiger partial charge is 0.410 e. The highest BCUT2D eigenvalue weighted by Crippen LogP contribution is 2.30. The number of likely N-dealkylation sites (tertiary alicyclic amines) is 1. The molecule has 0 spiro atoms. The summed E-state index contributed by atoms with van der Waals surface area (Å²) >= 11 is 0. The van der Waals surface area contributed by atoms with Gasteiger partial charge in [0, 0.05) is 31.4 Å². The molecule has 1 aliphatic rings. The number of ether oxygens (including phenoxy) is 1. The van der Waals surface area contributed by atoms with Gasteiger partial charge < -0.3 is 9.64 Å². The van der Waals surface area contributed by atoms with Gasteiger partial charge in [0.15, 0.2) is 5.65 Å². The molecule has 106 valence electrons. The van der Waals surface area contributed by atoms with Gasteiger partial charge in [-0.15, -0.1) is 0 Å². The maximum atomic E-state index is 11.9. The maximum Gasteiger partial charge on any atom is 0.410 e. The van der Waals surface area contributed by atoms with E-state index in [0.717, 1.165) is 11.2 Å². The van der Waals surface area contributed by atoms with E-state index in [1.165, 1.54) is 0 Å². The lowest BCUT2D eigenvalue weighted by atomic mass is 9.96. The summed E-state index contributed by atoms with van der Waals surface area (Å²) in [5.74, 6) is 0.212. The molecule has 1 fully saturated rings. The number of aromatic nitrogens is 4. The molecule has 0 aromatic carbocycles. The molecule has 0 unspecified atom stereocenters. The number of rotatable bonds is 1. The van der Waals surface area contributed by atoms with Gasteiger partial charge in [0.1, 0.15) is 11.1 Å². The highest BCUT2D eigenvalue weighted by Gasteiger charge is 2.36. The topological polar surface area (TPSA) is 84.0 Å². The molecule has 0 bridgehead atoms. The van der Waals surface area contributed by atoms with Crippen LogP contribution in [0.1, 0.15) is 32.4 Å². The Balaban J connectivity index is 1.67.